The molecule has 0 spiro atoms. The maximum absolute atomic E-state index is 12.8. The molecule has 4 rings (SSSR count). The summed E-state index contributed by atoms with van der Waals surface area (Å²) >= 11 is 0. The second-order valence-corrected chi connectivity index (χ2v) is 6.84. The van der Waals surface area contributed by atoms with Gasteiger partial charge < -0.3 is 14.1 Å². The molecule has 0 unspecified atom stereocenters. The number of aromatic nitrogens is 2. The Hall–Kier alpha value is -3.19. The molecule has 0 radical (unpaired) electrons. The monoisotopic (exact) mass is 379 g/mol. The second kappa shape index (κ2) is 7.82. The van der Waals surface area contributed by atoms with E-state index >= 15 is 0 Å². The summed E-state index contributed by atoms with van der Waals surface area (Å²) in [5.74, 6) is -0.630. The topological polar surface area (TPSA) is 77.6 Å². The molecule has 28 heavy (non-hydrogen) atoms. The van der Waals surface area contributed by atoms with Crippen molar-refractivity contribution in [1.82, 2.24) is 14.7 Å². The number of amides is 1. The molecule has 1 saturated heterocycles. The number of morpholine rings is 1. The Kier molecular flexibility index (Phi) is 5.08. The van der Waals surface area contributed by atoms with Crippen molar-refractivity contribution in [2.45, 2.75) is 25.7 Å². The van der Waals surface area contributed by atoms with Gasteiger partial charge in [-0.1, -0.05) is 48.5 Å². The zero-order chi connectivity index (χ0) is 19.5. The Morgan fingerprint density at radius 3 is 2.46 bits per heavy atom. The highest BCUT2D eigenvalue weighted by molar-refractivity contribution is 5.76. The van der Waals surface area contributed by atoms with E-state index in [9.17, 15) is 9.59 Å². The number of hydrogen-bond donors (Lipinski definition) is 0. The van der Waals surface area contributed by atoms with Gasteiger partial charge in [0.25, 0.3) is 0 Å². The number of benzene rings is 2. The van der Waals surface area contributed by atoms with Gasteiger partial charge in [0, 0.05) is 12.1 Å². The van der Waals surface area contributed by atoms with Crippen molar-refractivity contribution in [2.24, 2.45) is 0 Å². The van der Waals surface area contributed by atoms with Crippen molar-refractivity contribution in [3.8, 4) is 11.5 Å². The molecule has 0 N–H and O–H groups in total. The molecule has 7 nitrogen and oxygen atoms in total. The van der Waals surface area contributed by atoms with Gasteiger partial charge in [-0.3, -0.25) is 4.79 Å². The maximum Gasteiger partial charge on any atom is 0.437 e. The van der Waals surface area contributed by atoms with E-state index in [2.05, 4.69) is 5.10 Å². The summed E-state index contributed by atoms with van der Waals surface area (Å²) in [5.41, 5.74) is 1.71. The first kappa shape index (κ1) is 18.2. The van der Waals surface area contributed by atoms with Crippen LogP contribution in [0.4, 0.5) is 0 Å². The van der Waals surface area contributed by atoms with Gasteiger partial charge in [0.05, 0.1) is 12.6 Å². The van der Waals surface area contributed by atoms with Crippen LogP contribution in [0.2, 0.25) is 0 Å². The van der Waals surface area contributed by atoms with E-state index in [-0.39, 0.29) is 30.6 Å². The summed E-state index contributed by atoms with van der Waals surface area (Å²) < 4.78 is 12.3. The van der Waals surface area contributed by atoms with E-state index in [4.69, 9.17) is 9.15 Å². The van der Waals surface area contributed by atoms with Crippen LogP contribution in [-0.4, -0.2) is 39.8 Å². The van der Waals surface area contributed by atoms with Gasteiger partial charge >= 0.3 is 5.76 Å². The molecule has 2 aromatic carbocycles. The minimum atomic E-state index is -0.645. The minimum Gasteiger partial charge on any atom is -0.388 e. The SMILES string of the molecule is C[C@@H]1CN(C(=O)Cn2nc(-c3ccccc3)oc2=O)C[C@H](c2ccccc2)O1. The molecule has 1 aliphatic rings. The quantitative estimate of drug-likeness (QED) is 0.696. The number of carbonyl (C=O) groups excluding carboxylic acids is 1. The van der Waals surface area contributed by atoms with Crippen molar-refractivity contribution < 1.29 is 13.9 Å². The lowest BCUT2D eigenvalue weighted by Crippen LogP contribution is -2.47. The van der Waals surface area contributed by atoms with Crippen molar-refractivity contribution in [3.05, 3.63) is 76.8 Å². The van der Waals surface area contributed by atoms with E-state index in [0.29, 0.717) is 18.7 Å². The van der Waals surface area contributed by atoms with Gasteiger partial charge in [0.15, 0.2) is 0 Å². The fourth-order valence-electron chi connectivity index (χ4n) is 3.34. The van der Waals surface area contributed by atoms with E-state index in [0.717, 1.165) is 10.2 Å². The first-order valence-electron chi connectivity index (χ1n) is 9.21. The van der Waals surface area contributed by atoms with Crippen molar-refractivity contribution in [2.75, 3.05) is 13.1 Å². The molecule has 2 heterocycles. The fourth-order valence-corrected chi connectivity index (χ4v) is 3.34. The highest BCUT2D eigenvalue weighted by Crippen LogP contribution is 2.25. The second-order valence-electron chi connectivity index (χ2n) is 6.84. The number of nitrogens with zero attached hydrogens (tertiary/aromatic N) is 3. The van der Waals surface area contributed by atoms with Crippen LogP contribution in [0.5, 0.6) is 0 Å². The zero-order valence-electron chi connectivity index (χ0n) is 15.5. The van der Waals surface area contributed by atoms with Gasteiger partial charge in [-0.25, -0.2) is 4.79 Å². The lowest BCUT2D eigenvalue weighted by atomic mass is 10.1. The number of hydrogen-bond acceptors (Lipinski definition) is 5. The molecular formula is C21H21N3O4. The van der Waals surface area contributed by atoms with Crippen molar-refractivity contribution in [3.63, 3.8) is 0 Å². The van der Waals surface area contributed by atoms with Crippen molar-refractivity contribution >= 4 is 5.91 Å². The average molecular weight is 379 g/mol. The number of carbonyl (C=O) groups is 1. The maximum atomic E-state index is 12.8. The summed E-state index contributed by atoms with van der Waals surface area (Å²) in [4.78, 5) is 26.7. The van der Waals surface area contributed by atoms with Crippen LogP contribution in [0, 0.1) is 0 Å². The predicted molar refractivity (Wildman–Crippen MR) is 103 cm³/mol. The van der Waals surface area contributed by atoms with Crippen LogP contribution in [0.1, 0.15) is 18.6 Å². The Balaban J connectivity index is 1.49. The lowest BCUT2D eigenvalue weighted by Gasteiger charge is -2.37. The molecule has 0 aliphatic carbocycles. The van der Waals surface area contributed by atoms with Gasteiger partial charge in [-0.2, -0.15) is 4.68 Å². The van der Waals surface area contributed by atoms with Gasteiger partial charge in [0.1, 0.15) is 12.6 Å². The number of ether oxygens (including phenoxy) is 1. The van der Waals surface area contributed by atoms with Gasteiger partial charge in [-0.15, -0.1) is 5.10 Å². The van der Waals surface area contributed by atoms with Crippen LogP contribution < -0.4 is 5.76 Å². The fraction of sp³-hybridized carbons (Fsp3) is 0.286. The molecule has 3 aromatic rings. The van der Waals surface area contributed by atoms with Crippen LogP contribution >= 0.6 is 0 Å². The van der Waals surface area contributed by atoms with Gasteiger partial charge in [0.2, 0.25) is 11.8 Å². The molecule has 0 bridgehead atoms. The normalized spacial score (nSPS) is 19.5. The lowest BCUT2D eigenvalue weighted by molar-refractivity contribution is -0.145. The van der Waals surface area contributed by atoms with Crippen LogP contribution in [-0.2, 0) is 16.1 Å². The summed E-state index contributed by atoms with van der Waals surface area (Å²) in [7, 11) is 0. The Bertz CT molecular complexity index is 997. The molecular weight excluding hydrogens is 358 g/mol. The van der Waals surface area contributed by atoms with Gasteiger partial charge in [-0.05, 0) is 24.6 Å². The summed E-state index contributed by atoms with van der Waals surface area (Å²) in [6.45, 7) is 2.68. The predicted octanol–water partition coefficient (Wildman–Crippen LogP) is 2.49. The van der Waals surface area contributed by atoms with E-state index in [1.165, 1.54) is 0 Å². The molecule has 1 aromatic heterocycles. The third-order valence-corrected chi connectivity index (χ3v) is 4.70. The molecule has 144 valence electrons. The molecule has 1 amide bonds. The first-order valence-corrected chi connectivity index (χ1v) is 9.21. The summed E-state index contributed by atoms with van der Waals surface area (Å²) in [6.07, 6.45) is -0.292. The average Bonchev–Trinajstić information content (AvgIpc) is 3.09. The van der Waals surface area contributed by atoms with Crippen molar-refractivity contribution in [1.29, 1.82) is 0 Å². The molecule has 0 saturated carbocycles. The zero-order valence-corrected chi connectivity index (χ0v) is 15.5. The molecule has 2 atom stereocenters. The molecule has 7 heteroatoms. The Morgan fingerprint density at radius 1 is 1.07 bits per heavy atom. The highest BCUT2D eigenvalue weighted by atomic mass is 16.5. The van der Waals surface area contributed by atoms with E-state index in [1.807, 2.05) is 55.5 Å². The molecule has 1 aliphatic heterocycles. The highest BCUT2D eigenvalue weighted by Gasteiger charge is 2.30. The standard InChI is InChI=1S/C21H21N3O4/c1-15-12-23(13-18(27-15)16-8-4-2-5-9-16)19(25)14-24-21(26)28-20(22-24)17-10-6-3-7-11-17/h2-11,15,18H,12-14H2,1H3/t15-,18-/m1/s1. The molecule has 1 fully saturated rings. The largest absolute Gasteiger partial charge is 0.437 e. The number of rotatable bonds is 4. The third kappa shape index (κ3) is 3.89. The Morgan fingerprint density at radius 2 is 1.75 bits per heavy atom. The summed E-state index contributed by atoms with van der Waals surface area (Å²) in [6, 6.07) is 18.9. The van der Waals surface area contributed by atoms with Crippen LogP contribution in [0.3, 0.4) is 0 Å². The van der Waals surface area contributed by atoms with Crippen LogP contribution in [0.15, 0.2) is 69.9 Å². The smallest absolute Gasteiger partial charge is 0.388 e. The first-order chi connectivity index (χ1) is 13.6. The summed E-state index contributed by atoms with van der Waals surface area (Å²) in [5, 5.41) is 4.17. The minimum absolute atomic E-state index is 0.100. The Labute approximate surface area is 162 Å². The van der Waals surface area contributed by atoms with E-state index in [1.54, 1.807) is 17.0 Å². The third-order valence-electron chi connectivity index (χ3n) is 4.70. The van der Waals surface area contributed by atoms with Crippen LogP contribution in [0.25, 0.3) is 11.5 Å². The van der Waals surface area contributed by atoms with E-state index < -0.39 is 5.76 Å².